The van der Waals surface area contributed by atoms with Gasteiger partial charge in [0.1, 0.15) is 5.75 Å². The first kappa shape index (κ1) is 9.78. The summed E-state index contributed by atoms with van der Waals surface area (Å²) in [5, 5.41) is 10.0. The zero-order valence-corrected chi connectivity index (χ0v) is 9.03. The summed E-state index contributed by atoms with van der Waals surface area (Å²) in [6.45, 7) is 0.771. The molecule has 16 heavy (non-hydrogen) atoms. The normalized spacial score (nSPS) is 20.6. The average Bonchev–Trinajstić information content (AvgIpc) is 2.68. The lowest BCUT2D eigenvalue weighted by Crippen LogP contribution is -2.41. The van der Waals surface area contributed by atoms with Crippen LogP contribution >= 0.6 is 0 Å². The Balaban J connectivity index is 2.15. The maximum Gasteiger partial charge on any atom is 0.231 e. The molecule has 0 radical (unpaired) electrons. The molecule has 3 rings (SSSR count). The predicted molar refractivity (Wildman–Crippen MR) is 58.8 cm³/mol. The molecule has 3 N–H and O–H groups in total. The second-order valence-corrected chi connectivity index (χ2v) is 4.53. The minimum absolute atomic E-state index is 0.108. The van der Waals surface area contributed by atoms with Gasteiger partial charge in [0.15, 0.2) is 11.5 Å². The molecule has 0 amide bonds. The summed E-state index contributed by atoms with van der Waals surface area (Å²) < 4.78 is 10.8. The summed E-state index contributed by atoms with van der Waals surface area (Å²) in [4.78, 5) is 0. The van der Waals surface area contributed by atoms with E-state index in [0.717, 1.165) is 24.8 Å². The standard InChI is InChI=1S/C12H15NO3/c13-6-12(4-1-5-12)10-8(14)2-3-9-11(10)16-7-15-9/h2-3,14H,1,4-7,13H2. The summed E-state index contributed by atoms with van der Waals surface area (Å²) in [5.74, 6) is 1.67. The van der Waals surface area contributed by atoms with Crippen molar-refractivity contribution in [1.82, 2.24) is 0 Å². The third-order valence-electron chi connectivity index (χ3n) is 3.75. The summed E-state index contributed by atoms with van der Waals surface area (Å²) in [6, 6.07) is 3.41. The minimum Gasteiger partial charge on any atom is -0.508 e. The van der Waals surface area contributed by atoms with E-state index in [9.17, 15) is 5.11 Å². The lowest BCUT2D eigenvalue weighted by molar-refractivity contribution is 0.168. The van der Waals surface area contributed by atoms with E-state index in [0.29, 0.717) is 18.0 Å². The van der Waals surface area contributed by atoms with Gasteiger partial charge in [0, 0.05) is 17.5 Å². The van der Waals surface area contributed by atoms with Crippen LogP contribution in [0.15, 0.2) is 12.1 Å². The van der Waals surface area contributed by atoms with Crippen molar-refractivity contribution >= 4 is 0 Å². The van der Waals surface area contributed by atoms with E-state index in [1.807, 2.05) is 0 Å². The molecule has 0 spiro atoms. The average molecular weight is 221 g/mol. The second kappa shape index (κ2) is 3.28. The van der Waals surface area contributed by atoms with Gasteiger partial charge >= 0.3 is 0 Å². The largest absolute Gasteiger partial charge is 0.508 e. The van der Waals surface area contributed by atoms with Crippen molar-refractivity contribution in [2.75, 3.05) is 13.3 Å². The fourth-order valence-electron chi connectivity index (χ4n) is 2.63. The number of nitrogens with two attached hydrogens (primary N) is 1. The van der Waals surface area contributed by atoms with E-state index in [4.69, 9.17) is 15.2 Å². The second-order valence-electron chi connectivity index (χ2n) is 4.53. The van der Waals surface area contributed by atoms with Crippen molar-refractivity contribution in [3.8, 4) is 17.2 Å². The molecule has 0 aromatic heterocycles. The highest BCUT2D eigenvalue weighted by Gasteiger charge is 2.43. The number of ether oxygens (including phenoxy) is 2. The van der Waals surface area contributed by atoms with E-state index in [1.165, 1.54) is 0 Å². The molecule has 0 saturated heterocycles. The first-order valence-electron chi connectivity index (χ1n) is 5.59. The Kier molecular flexibility index (Phi) is 2.01. The Bertz CT molecular complexity index is 421. The van der Waals surface area contributed by atoms with Crippen LogP contribution in [0.3, 0.4) is 0 Å². The molecule has 2 aliphatic rings. The molecular weight excluding hydrogens is 206 g/mol. The van der Waals surface area contributed by atoms with Gasteiger partial charge in [0.2, 0.25) is 6.79 Å². The van der Waals surface area contributed by atoms with Crippen LogP contribution in [0, 0.1) is 0 Å². The Hall–Kier alpha value is -1.42. The zero-order chi connectivity index (χ0) is 11.2. The SMILES string of the molecule is NCC1(c2c(O)ccc3c2OCO3)CCC1. The van der Waals surface area contributed by atoms with Crippen LogP contribution in [0.4, 0.5) is 0 Å². The minimum atomic E-state index is -0.108. The van der Waals surface area contributed by atoms with Gasteiger partial charge in [-0.25, -0.2) is 0 Å². The third kappa shape index (κ3) is 1.13. The van der Waals surface area contributed by atoms with Gasteiger partial charge in [0.25, 0.3) is 0 Å². The van der Waals surface area contributed by atoms with Crippen LogP contribution < -0.4 is 15.2 Å². The van der Waals surface area contributed by atoms with Crippen LogP contribution in [0.1, 0.15) is 24.8 Å². The smallest absolute Gasteiger partial charge is 0.231 e. The van der Waals surface area contributed by atoms with Crippen LogP contribution in [0.2, 0.25) is 0 Å². The summed E-state index contributed by atoms with van der Waals surface area (Å²) in [7, 11) is 0. The molecule has 1 aromatic rings. The monoisotopic (exact) mass is 221 g/mol. The molecule has 1 aliphatic carbocycles. The molecule has 4 nitrogen and oxygen atoms in total. The first-order valence-corrected chi connectivity index (χ1v) is 5.59. The quantitative estimate of drug-likeness (QED) is 0.794. The van der Waals surface area contributed by atoms with Crippen molar-refractivity contribution in [3.63, 3.8) is 0 Å². The number of hydrogen-bond donors (Lipinski definition) is 2. The van der Waals surface area contributed by atoms with Crippen molar-refractivity contribution in [2.24, 2.45) is 5.73 Å². The van der Waals surface area contributed by atoms with Gasteiger partial charge in [-0.3, -0.25) is 0 Å². The number of aromatic hydroxyl groups is 1. The van der Waals surface area contributed by atoms with E-state index >= 15 is 0 Å². The van der Waals surface area contributed by atoms with Crippen molar-refractivity contribution < 1.29 is 14.6 Å². The molecule has 1 saturated carbocycles. The number of benzene rings is 1. The van der Waals surface area contributed by atoms with E-state index in [1.54, 1.807) is 12.1 Å². The molecule has 1 fully saturated rings. The Morgan fingerprint density at radius 3 is 2.75 bits per heavy atom. The summed E-state index contributed by atoms with van der Waals surface area (Å²) in [5.41, 5.74) is 6.59. The zero-order valence-electron chi connectivity index (χ0n) is 9.03. The lowest BCUT2D eigenvalue weighted by atomic mass is 9.64. The molecular formula is C12H15NO3. The van der Waals surface area contributed by atoms with Gasteiger partial charge in [-0.05, 0) is 25.0 Å². The molecule has 1 heterocycles. The van der Waals surface area contributed by atoms with Gasteiger partial charge in [-0.15, -0.1) is 0 Å². The maximum atomic E-state index is 10.0. The molecule has 0 unspecified atom stereocenters. The van der Waals surface area contributed by atoms with E-state index in [-0.39, 0.29) is 18.0 Å². The van der Waals surface area contributed by atoms with Crippen LogP contribution in [-0.4, -0.2) is 18.4 Å². The maximum absolute atomic E-state index is 10.0. The highest BCUT2D eigenvalue weighted by molar-refractivity contribution is 5.58. The summed E-state index contributed by atoms with van der Waals surface area (Å²) >= 11 is 0. The number of phenols is 1. The topological polar surface area (TPSA) is 64.7 Å². The van der Waals surface area contributed by atoms with Crippen LogP contribution in [0.25, 0.3) is 0 Å². The third-order valence-corrected chi connectivity index (χ3v) is 3.75. The number of phenolic OH excluding ortho intramolecular Hbond substituents is 1. The van der Waals surface area contributed by atoms with E-state index < -0.39 is 0 Å². The van der Waals surface area contributed by atoms with Crippen molar-refractivity contribution in [2.45, 2.75) is 24.7 Å². The highest BCUT2D eigenvalue weighted by Crippen LogP contribution is 2.53. The predicted octanol–water partition coefficient (Wildman–Crippen LogP) is 1.50. The molecule has 86 valence electrons. The fourth-order valence-corrected chi connectivity index (χ4v) is 2.63. The van der Waals surface area contributed by atoms with Crippen molar-refractivity contribution in [1.29, 1.82) is 0 Å². The van der Waals surface area contributed by atoms with Gasteiger partial charge < -0.3 is 20.3 Å². The summed E-state index contributed by atoms with van der Waals surface area (Å²) in [6.07, 6.45) is 3.18. The lowest BCUT2D eigenvalue weighted by Gasteiger charge is -2.41. The Morgan fingerprint density at radius 2 is 2.12 bits per heavy atom. The van der Waals surface area contributed by atoms with Gasteiger partial charge in [0.05, 0.1) is 0 Å². The van der Waals surface area contributed by atoms with Gasteiger partial charge in [-0.1, -0.05) is 6.42 Å². The highest BCUT2D eigenvalue weighted by atomic mass is 16.7. The molecule has 4 heteroatoms. The molecule has 1 aliphatic heterocycles. The molecule has 0 atom stereocenters. The Labute approximate surface area is 94.0 Å². The van der Waals surface area contributed by atoms with Gasteiger partial charge in [-0.2, -0.15) is 0 Å². The number of rotatable bonds is 2. The van der Waals surface area contributed by atoms with E-state index in [2.05, 4.69) is 0 Å². The Morgan fingerprint density at radius 1 is 1.31 bits per heavy atom. The fraction of sp³-hybridized carbons (Fsp3) is 0.500. The number of hydrogen-bond acceptors (Lipinski definition) is 4. The molecule has 1 aromatic carbocycles. The molecule has 0 bridgehead atoms. The first-order chi connectivity index (χ1) is 7.77. The number of fused-ring (bicyclic) bond motifs is 1. The van der Waals surface area contributed by atoms with Crippen molar-refractivity contribution in [3.05, 3.63) is 17.7 Å². The van der Waals surface area contributed by atoms with Crippen LogP contribution in [-0.2, 0) is 5.41 Å². The van der Waals surface area contributed by atoms with Crippen LogP contribution in [0.5, 0.6) is 17.2 Å².